The maximum Gasteiger partial charge on any atom is 1.00 e. The minimum absolute atomic E-state index is 0. The van der Waals surface area contributed by atoms with Gasteiger partial charge in [0.1, 0.15) is 5.97 Å². The molecule has 0 aliphatic rings. The maximum absolute atomic E-state index is 12.5. The smallest absolute Gasteiger partial charge is 0.541 e. The van der Waals surface area contributed by atoms with Crippen molar-refractivity contribution in [2.75, 3.05) is 0 Å². The van der Waals surface area contributed by atoms with Crippen LogP contribution < -0.4 is 56.5 Å². The predicted octanol–water partition coefficient (Wildman–Crippen LogP) is 0.735. The number of hydrogen-bond acceptors (Lipinski definition) is 3. The van der Waals surface area contributed by atoms with Crippen LogP contribution >= 0.6 is 0 Å². The number of halogens is 3. The zero-order valence-electron chi connectivity index (χ0n) is 14.6. The van der Waals surface area contributed by atoms with Crippen LogP contribution in [0.4, 0.5) is 13.2 Å². The maximum atomic E-state index is 12.5. The molecule has 0 aliphatic carbocycles. The summed E-state index contributed by atoms with van der Waals surface area (Å²) in [6, 6.07) is 11.3. The normalized spacial score (nSPS) is 10.5. The molecule has 0 N–H and O–H groups in total. The van der Waals surface area contributed by atoms with Crippen LogP contribution in [0.3, 0.4) is 0 Å². The van der Waals surface area contributed by atoms with Gasteiger partial charge in [-0.2, -0.15) is 13.2 Å². The summed E-state index contributed by atoms with van der Waals surface area (Å²) in [7, 11) is 0. The molecule has 0 bridgehead atoms. The topological polar surface area (TPSA) is 57.2 Å². The van der Waals surface area contributed by atoms with E-state index >= 15 is 0 Å². The molecule has 0 radical (unpaired) electrons. The van der Waals surface area contributed by atoms with Crippen molar-refractivity contribution in [3.63, 3.8) is 0 Å². The van der Waals surface area contributed by atoms with Crippen LogP contribution in [0.2, 0.25) is 0 Å². The minimum atomic E-state index is -4.38. The summed E-state index contributed by atoms with van der Waals surface area (Å²) in [5.74, 6) is -2.93. The van der Waals surface area contributed by atoms with Crippen molar-refractivity contribution < 1.29 is 79.3 Å². The Hall–Kier alpha value is -1.25. The molecule has 0 heterocycles. The zero-order valence-corrected chi connectivity index (χ0v) is 17.8. The zero-order chi connectivity index (χ0) is 19.0. The van der Waals surface area contributed by atoms with Gasteiger partial charge < -0.3 is 9.90 Å². The molecule has 0 unspecified atom stereocenters. The fourth-order valence-electron chi connectivity index (χ4n) is 1.88. The summed E-state index contributed by atoms with van der Waals surface area (Å²) in [5, 5.41) is 10.3. The number of carbonyl (C=O) groups is 2. The van der Waals surface area contributed by atoms with Crippen LogP contribution in [0.15, 0.2) is 54.6 Å². The van der Waals surface area contributed by atoms with E-state index in [1.807, 2.05) is 13.8 Å². The molecule has 0 aliphatic heterocycles. The Labute approximate surface area is 192 Å². The summed E-state index contributed by atoms with van der Waals surface area (Å²) in [6.45, 7) is 4.00. The third-order valence-corrected chi connectivity index (χ3v) is 3.08. The van der Waals surface area contributed by atoms with Crippen molar-refractivity contribution in [3.05, 3.63) is 65.7 Å². The third-order valence-electron chi connectivity index (χ3n) is 3.08. The van der Waals surface area contributed by atoms with E-state index in [1.54, 1.807) is 24.3 Å². The molecule has 3 nitrogen and oxygen atoms in total. The first kappa shape index (κ1) is 24.7. The number of benzene rings is 2. The molecule has 0 spiro atoms. The van der Waals surface area contributed by atoms with Crippen LogP contribution in [0.5, 0.6) is 0 Å². The summed E-state index contributed by atoms with van der Waals surface area (Å²) < 4.78 is 37.5. The van der Waals surface area contributed by atoms with Gasteiger partial charge in [0, 0.05) is 0 Å². The van der Waals surface area contributed by atoms with Gasteiger partial charge in [0.15, 0.2) is 0 Å². The molecule has 2 aromatic carbocycles. The second kappa shape index (κ2) is 11.5. The van der Waals surface area contributed by atoms with Gasteiger partial charge in [0.05, 0.1) is 5.56 Å². The number of carboxylic acids is 1. The van der Waals surface area contributed by atoms with Crippen LogP contribution in [-0.4, -0.2) is 11.8 Å². The number of aliphatic carboxylic acids is 1. The predicted molar refractivity (Wildman–Crippen MR) is 87.3 cm³/mol. The van der Waals surface area contributed by atoms with Crippen molar-refractivity contribution in [2.24, 2.45) is 0 Å². The van der Waals surface area contributed by atoms with Crippen LogP contribution in [-0.2, 0) is 15.8 Å². The van der Waals surface area contributed by atoms with E-state index in [0.717, 1.165) is 18.2 Å². The molecule has 0 atom stereocenters. The fraction of sp³-hybridized carbons (Fsp3) is 0.158. The van der Waals surface area contributed by atoms with E-state index in [2.05, 4.69) is 0 Å². The van der Waals surface area contributed by atoms with E-state index in [4.69, 9.17) is 0 Å². The monoisotopic (exact) mass is 388 g/mol. The standard InChI is InChI=1S/C17H11F3O3.C2H6.K/c18-17(19,20)14-8-6-13(7-9-14)12-4-1-11(2-5-12)3-10-15(21)16(22)23;1-2;/h1-10H,(H,22,23);1-2H3;/q;;+1/p-1/b10-3+;;. The van der Waals surface area contributed by atoms with Crippen LogP contribution in [0.25, 0.3) is 17.2 Å². The van der Waals surface area contributed by atoms with Crippen LogP contribution in [0.1, 0.15) is 25.0 Å². The second-order valence-corrected chi connectivity index (χ2v) is 4.68. The van der Waals surface area contributed by atoms with Gasteiger partial charge >= 0.3 is 57.6 Å². The summed E-state index contributed by atoms with van der Waals surface area (Å²) in [4.78, 5) is 21.1. The molecule has 0 amide bonds. The SMILES string of the molecule is CC.O=C([O-])C(=O)/C=C/c1ccc(-c2ccc(C(F)(F)F)cc2)cc1.[K+]. The first-order valence-corrected chi connectivity index (χ1v) is 7.48. The Balaban J connectivity index is 0.00000201. The summed E-state index contributed by atoms with van der Waals surface area (Å²) in [6.07, 6.45) is -2.18. The van der Waals surface area contributed by atoms with Gasteiger partial charge in [-0.1, -0.05) is 56.3 Å². The number of carbonyl (C=O) groups excluding carboxylic acids is 2. The largest absolute Gasteiger partial charge is 1.00 e. The Morgan fingerprint density at radius 3 is 1.69 bits per heavy atom. The summed E-state index contributed by atoms with van der Waals surface area (Å²) in [5.41, 5.74) is 1.17. The Morgan fingerprint density at radius 1 is 0.885 bits per heavy atom. The van der Waals surface area contributed by atoms with Crippen molar-refractivity contribution in [1.82, 2.24) is 0 Å². The Morgan fingerprint density at radius 2 is 1.31 bits per heavy atom. The molecular weight excluding hydrogens is 372 g/mol. The van der Waals surface area contributed by atoms with E-state index in [0.29, 0.717) is 16.7 Å². The van der Waals surface area contributed by atoms with Crippen LogP contribution in [0, 0.1) is 0 Å². The molecule has 7 heteroatoms. The van der Waals surface area contributed by atoms with Gasteiger partial charge in [0.25, 0.3) is 0 Å². The molecule has 2 rings (SSSR count). The molecule has 26 heavy (non-hydrogen) atoms. The Kier molecular flexibility index (Phi) is 10.9. The molecule has 0 saturated heterocycles. The molecule has 2 aromatic rings. The number of alkyl halides is 3. The first-order valence-electron chi connectivity index (χ1n) is 7.48. The van der Waals surface area contributed by atoms with E-state index in [9.17, 15) is 27.9 Å². The number of carboxylic acid groups (broad SMARTS) is 1. The molecular formula is C19H16F3KO3. The molecule has 0 saturated carbocycles. The van der Waals surface area contributed by atoms with Gasteiger partial charge in [-0.15, -0.1) is 0 Å². The number of ketones is 1. The molecule has 0 fully saturated rings. The van der Waals surface area contributed by atoms with Gasteiger partial charge in [-0.05, 0) is 34.9 Å². The van der Waals surface area contributed by atoms with Crippen molar-refractivity contribution in [3.8, 4) is 11.1 Å². The van der Waals surface area contributed by atoms with E-state index in [1.165, 1.54) is 18.2 Å². The second-order valence-electron chi connectivity index (χ2n) is 4.68. The Bertz CT molecular complexity index is 749. The van der Waals surface area contributed by atoms with Gasteiger partial charge in [-0.25, -0.2) is 0 Å². The van der Waals surface area contributed by atoms with E-state index < -0.39 is 23.5 Å². The first-order chi connectivity index (χ1) is 11.8. The number of rotatable bonds is 4. The molecule has 132 valence electrons. The summed E-state index contributed by atoms with van der Waals surface area (Å²) >= 11 is 0. The van der Waals surface area contributed by atoms with Crippen molar-refractivity contribution >= 4 is 17.8 Å². The van der Waals surface area contributed by atoms with Crippen molar-refractivity contribution in [1.29, 1.82) is 0 Å². The van der Waals surface area contributed by atoms with E-state index in [-0.39, 0.29) is 51.4 Å². The average molecular weight is 388 g/mol. The molecule has 0 aromatic heterocycles. The van der Waals surface area contributed by atoms with Gasteiger partial charge in [-0.3, -0.25) is 4.79 Å². The van der Waals surface area contributed by atoms with Crippen molar-refractivity contribution in [2.45, 2.75) is 20.0 Å². The quantitative estimate of drug-likeness (QED) is 0.441. The average Bonchev–Trinajstić information content (AvgIpc) is 2.61. The number of hydrogen-bond donors (Lipinski definition) is 0. The van der Waals surface area contributed by atoms with Gasteiger partial charge in [0.2, 0.25) is 5.78 Å². The fourth-order valence-corrected chi connectivity index (χ4v) is 1.88. The third kappa shape index (κ3) is 7.55. The minimum Gasteiger partial charge on any atom is -0.541 e.